The van der Waals surface area contributed by atoms with Crippen molar-refractivity contribution in [2.45, 2.75) is 12.2 Å². The fourth-order valence-electron chi connectivity index (χ4n) is 1.08. The molecule has 1 aromatic rings. The summed E-state index contributed by atoms with van der Waals surface area (Å²) in [6.07, 6.45) is -3.59. The van der Waals surface area contributed by atoms with Crippen LogP contribution in [0.5, 0.6) is 5.75 Å². The molecule has 6 heteroatoms. The van der Waals surface area contributed by atoms with Gasteiger partial charge in [0.05, 0.1) is 0 Å². The molecule has 15 heavy (non-hydrogen) atoms. The van der Waals surface area contributed by atoms with Crippen molar-refractivity contribution in [1.29, 1.82) is 0 Å². The summed E-state index contributed by atoms with van der Waals surface area (Å²) in [5, 5.41) is 36.2. The number of benzene rings is 1. The molecule has 0 saturated carbocycles. The van der Waals surface area contributed by atoms with Gasteiger partial charge in [0.15, 0.2) is 6.10 Å². The number of hydrogen-bond donors (Lipinski definition) is 4. The number of aliphatic hydroxyl groups is 2. The molecule has 2 atom stereocenters. The first kappa shape index (κ1) is 11.8. The van der Waals surface area contributed by atoms with Crippen LogP contribution in [0, 0.1) is 0 Å². The van der Waals surface area contributed by atoms with Gasteiger partial charge < -0.3 is 20.4 Å². The second-order valence-electron chi connectivity index (χ2n) is 2.97. The van der Waals surface area contributed by atoms with Gasteiger partial charge in [0.25, 0.3) is 0 Å². The van der Waals surface area contributed by atoms with E-state index in [2.05, 4.69) is 0 Å². The Labute approximate surface area is 90.2 Å². The van der Waals surface area contributed by atoms with E-state index in [4.69, 9.17) is 26.9 Å². The number of aliphatic hydroxyl groups excluding tert-OH is 2. The molecule has 82 valence electrons. The number of rotatable bonds is 3. The number of carbonyl (C=O) groups is 1. The van der Waals surface area contributed by atoms with Crippen molar-refractivity contribution in [3.63, 3.8) is 0 Å². The van der Waals surface area contributed by atoms with Crippen LogP contribution in [0.1, 0.15) is 11.7 Å². The second-order valence-corrected chi connectivity index (χ2v) is 3.41. The largest absolute Gasteiger partial charge is 0.508 e. The van der Waals surface area contributed by atoms with E-state index >= 15 is 0 Å². The maximum absolute atomic E-state index is 10.4. The monoisotopic (exact) mass is 232 g/mol. The molecule has 1 aromatic carbocycles. The van der Waals surface area contributed by atoms with Crippen LogP contribution in [0.15, 0.2) is 18.2 Å². The van der Waals surface area contributed by atoms with Crippen LogP contribution < -0.4 is 0 Å². The SMILES string of the molecule is O=C(O)C(O)C(O)c1cc(O)cc(Cl)c1. The van der Waals surface area contributed by atoms with Crippen molar-refractivity contribution in [2.75, 3.05) is 0 Å². The van der Waals surface area contributed by atoms with Crippen LogP contribution in [-0.4, -0.2) is 32.5 Å². The van der Waals surface area contributed by atoms with Crippen molar-refractivity contribution in [3.8, 4) is 5.75 Å². The average Bonchev–Trinajstić information content (AvgIpc) is 2.13. The summed E-state index contributed by atoms with van der Waals surface area (Å²) in [6, 6.07) is 3.62. The molecule has 1 rings (SSSR count). The van der Waals surface area contributed by atoms with Gasteiger partial charge in [0.1, 0.15) is 11.9 Å². The van der Waals surface area contributed by atoms with E-state index in [1.165, 1.54) is 12.1 Å². The van der Waals surface area contributed by atoms with E-state index in [9.17, 15) is 9.90 Å². The summed E-state index contributed by atoms with van der Waals surface area (Å²) in [4.78, 5) is 10.4. The van der Waals surface area contributed by atoms with Crippen LogP contribution >= 0.6 is 11.6 Å². The summed E-state index contributed by atoms with van der Waals surface area (Å²) in [5.41, 5.74) is 0.0369. The lowest BCUT2D eigenvalue weighted by atomic mass is 10.0. The molecule has 4 N–H and O–H groups in total. The average molecular weight is 233 g/mol. The molecule has 0 radical (unpaired) electrons. The fraction of sp³-hybridized carbons (Fsp3) is 0.222. The third-order valence-corrected chi connectivity index (χ3v) is 2.02. The molecule has 0 amide bonds. The first-order valence-corrected chi connectivity index (χ1v) is 4.38. The molecule has 5 nitrogen and oxygen atoms in total. The van der Waals surface area contributed by atoms with Crippen LogP contribution in [-0.2, 0) is 4.79 Å². The highest BCUT2D eigenvalue weighted by Gasteiger charge is 2.25. The van der Waals surface area contributed by atoms with E-state index in [0.717, 1.165) is 6.07 Å². The molecule has 0 spiro atoms. The Morgan fingerprint density at radius 2 is 1.87 bits per heavy atom. The molecule has 0 aliphatic rings. The molecule has 0 aliphatic carbocycles. The Morgan fingerprint density at radius 1 is 1.27 bits per heavy atom. The minimum Gasteiger partial charge on any atom is -0.508 e. The van der Waals surface area contributed by atoms with Crippen molar-refractivity contribution in [2.24, 2.45) is 0 Å². The molecule has 0 bridgehead atoms. The highest BCUT2D eigenvalue weighted by Crippen LogP contribution is 2.25. The summed E-state index contributed by atoms with van der Waals surface area (Å²) >= 11 is 5.58. The number of halogens is 1. The van der Waals surface area contributed by atoms with Crippen molar-refractivity contribution in [3.05, 3.63) is 28.8 Å². The molecule has 0 aliphatic heterocycles. The summed E-state index contributed by atoms with van der Waals surface area (Å²) in [6.45, 7) is 0. The van der Waals surface area contributed by atoms with Gasteiger partial charge >= 0.3 is 5.97 Å². The van der Waals surface area contributed by atoms with Crippen LogP contribution in [0.2, 0.25) is 5.02 Å². The lowest BCUT2D eigenvalue weighted by Gasteiger charge is -2.14. The first-order chi connectivity index (χ1) is 6.91. The summed E-state index contributed by atoms with van der Waals surface area (Å²) in [7, 11) is 0. The predicted molar refractivity (Wildman–Crippen MR) is 51.7 cm³/mol. The van der Waals surface area contributed by atoms with E-state index in [0.29, 0.717) is 0 Å². The van der Waals surface area contributed by atoms with Gasteiger partial charge in [-0.3, -0.25) is 0 Å². The lowest BCUT2D eigenvalue weighted by Crippen LogP contribution is -2.27. The van der Waals surface area contributed by atoms with Gasteiger partial charge in [-0.2, -0.15) is 0 Å². The van der Waals surface area contributed by atoms with Gasteiger partial charge in [0.2, 0.25) is 0 Å². The number of phenolic OH excluding ortho intramolecular Hbond substituents is 1. The number of phenols is 1. The Kier molecular flexibility index (Phi) is 3.52. The predicted octanol–water partition coefficient (Wildman–Crippen LogP) is 0.524. The smallest absolute Gasteiger partial charge is 0.335 e. The van der Waals surface area contributed by atoms with Crippen LogP contribution in [0.4, 0.5) is 0 Å². The summed E-state index contributed by atoms with van der Waals surface area (Å²) in [5.74, 6) is -1.77. The normalized spacial score (nSPS) is 14.6. The maximum atomic E-state index is 10.4. The minimum absolute atomic E-state index is 0.0369. The molecule has 2 unspecified atom stereocenters. The number of carboxylic acids is 1. The summed E-state index contributed by atoms with van der Waals surface area (Å²) < 4.78 is 0. The Morgan fingerprint density at radius 3 is 2.33 bits per heavy atom. The minimum atomic E-state index is -1.96. The van der Waals surface area contributed by atoms with E-state index in [-0.39, 0.29) is 16.3 Å². The van der Waals surface area contributed by atoms with Crippen molar-refractivity contribution < 1.29 is 25.2 Å². The Balaban J connectivity index is 3.00. The van der Waals surface area contributed by atoms with E-state index in [1.54, 1.807) is 0 Å². The Hall–Kier alpha value is -1.30. The number of carboxylic acid groups (broad SMARTS) is 1. The molecule has 0 heterocycles. The van der Waals surface area contributed by atoms with Gasteiger partial charge in [-0.05, 0) is 23.8 Å². The zero-order valence-corrected chi connectivity index (χ0v) is 8.22. The van der Waals surface area contributed by atoms with E-state index in [1.807, 2.05) is 0 Å². The third kappa shape index (κ3) is 2.82. The molecular formula is C9H9ClO5. The van der Waals surface area contributed by atoms with Crippen LogP contribution in [0.3, 0.4) is 0 Å². The molecule has 0 fully saturated rings. The molecular weight excluding hydrogens is 224 g/mol. The highest BCUT2D eigenvalue weighted by atomic mass is 35.5. The second kappa shape index (κ2) is 4.48. The van der Waals surface area contributed by atoms with Gasteiger partial charge in [-0.1, -0.05) is 11.6 Å². The lowest BCUT2D eigenvalue weighted by molar-refractivity contribution is -0.153. The molecule has 0 saturated heterocycles. The van der Waals surface area contributed by atoms with E-state index < -0.39 is 18.2 Å². The van der Waals surface area contributed by atoms with Gasteiger partial charge in [0, 0.05) is 5.02 Å². The standard InChI is InChI=1S/C9H9ClO5/c10-5-1-4(2-6(11)3-5)7(12)8(13)9(14)15/h1-3,7-8,11-13H,(H,14,15). The topological polar surface area (TPSA) is 98.0 Å². The quantitative estimate of drug-likeness (QED) is 0.609. The zero-order valence-electron chi connectivity index (χ0n) is 7.46. The molecule has 0 aromatic heterocycles. The maximum Gasteiger partial charge on any atom is 0.335 e. The zero-order chi connectivity index (χ0) is 11.6. The number of hydrogen-bond acceptors (Lipinski definition) is 4. The highest BCUT2D eigenvalue weighted by molar-refractivity contribution is 6.30. The number of aliphatic carboxylic acids is 1. The third-order valence-electron chi connectivity index (χ3n) is 1.80. The van der Waals surface area contributed by atoms with Gasteiger partial charge in [-0.15, -0.1) is 0 Å². The van der Waals surface area contributed by atoms with Crippen molar-refractivity contribution in [1.82, 2.24) is 0 Å². The number of aromatic hydroxyl groups is 1. The Bertz CT molecular complexity index is 359. The van der Waals surface area contributed by atoms with Gasteiger partial charge in [-0.25, -0.2) is 4.79 Å². The van der Waals surface area contributed by atoms with Crippen LogP contribution in [0.25, 0.3) is 0 Å². The van der Waals surface area contributed by atoms with Crippen molar-refractivity contribution >= 4 is 17.6 Å². The first-order valence-electron chi connectivity index (χ1n) is 4.00. The fourth-order valence-corrected chi connectivity index (χ4v) is 1.32.